The number of guanidine groups is 1. The summed E-state index contributed by atoms with van der Waals surface area (Å²) in [6.45, 7) is 8.62. The Morgan fingerprint density at radius 1 is 1.19 bits per heavy atom. The molecule has 1 aromatic rings. The number of benzene rings is 1. The summed E-state index contributed by atoms with van der Waals surface area (Å²) in [5.41, 5.74) is 2.62. The Labute approximate surface area is 157 Å². The highest BCUT2D eigenvalue weighted by Gasteiger charge is 2.24. The number of likely N-dealkylation sites (tertiary alicyclic amines) is 1. The van der Waals surface area contributed by atoms with Gasteiger partial charge in [-0.3, -0.25) is 4.99 Å². The van der Waals surface area contributed by atoms with Crippen molar-refractivity contribution in [1.82, 2.24) is 15.1 Å². The van der Waals surface area contributed by atoms with E-state index in [9.17, 15) is 0 Å². The second-order valence-electron chi connectivity index (χ2n) is 7.12. The van der Waals surface area contributed by atoms with Crippen LogP contribution in [-0.4, -0.2) is 69.8 Å². The number of aliphatic imine (C=N–C) groups is 1. The molecule has 0 aliphatic carbocycles. The van der Waals surface area contributed by atoms with Crippen LogP contribution >= 0.6 is 0 Å². The van der Waals surface area contributed by atoms with Crippen LogP contribution in [0, 0.1) is 5.92 Å². The third kappa shape index (κ3) is 4.06. The van der Waals surface area contributed by atoms with Crippen molar-refractivity contribution in [3.63, 3.8) is 0 Å². The normalized spacial score (nSPS) is 20.8. The van der Waals surface area contributed by atoms with E-state index in [0.29, 0.717) is 5.92 Å². The van der Waals surface area contributed by atoms with Gasteiger partial charge in [0.25, 0.3) is 0 Å². The summed E-state index contributed by atoms with van der Waals surface area (Å²) >= 11 is 0. The van der Waals surface area contributed by atoms with E-state index >= 15 is 0 Å². The molecular weight excluding hydrogens is 328 g/mol. The fourth-order valence-corrected chi connectivity index (χ4v) is 4.00. The molecule has 0 radical (unpaired) electrons. The van der Waals surface area contributed by atoms with Gasteiger partial charge in [0.1, 0.15) is 0 Å². The molecule has 2 aliphatic heterocycles. The maximum absolute atomic E-state index is 5.47. The maximum atomic E-state index is 5.47. The fourth-order valence-electron chi connectivity index (χ4n) is 4.00. The van der Waals surface area contributed by atoms with E-state index in [0.717, 1.165) is 50.1 Å². The van der Waals surface area contributed by atoms with Gasteiger partial charge in [0, 0.05) is 33.2 Å². The smallest absolute Gasteiger partial charge is 0.193 e. The third-order valence-corrected chi connectivity index (χ3v) is 5.60. The molecule has 6 heteroatoms. The van der Waals surface area contributed by atoms with Crippen molar-refractivity contribution in [2.45, 2.75) is 26.3 Å². The minimum atomic E-state index is 0.716. The van der Waals surface area contributed by atoms with E-state index in [2.05, 4.69) is 39.2 Å². The number of hydrogen-bond donors (Lipinski definition) is 1. The van der Waals surface area contributed by atoms with Crippen LogP contribution < -0.4 is 14.8 Å². The first-order valence-electron chi connectivity index (χ1n) is 9.60. The van der Waals surface area contributed by atoms with Crippen LogP contribution in [0.25, 0.3) is 0 Å². The van der Waals surface area contributed by atoms with Crippen LogP contribution in [0.5, 0.6) is 11.5 Å². The minimum Gasteiger partial charge on any atom is -0.493 e. The van der Waals surface area contributed by atoms with Gasteiger partial charge in [-0.25, -0.2) is 0 Å². The number of methoxy groups -OCH3 is 2. The predicted molar refractivity (Wildman–Crippen MR) is 105 cm³/mol. The Kier molecular flexibility index (Phi) is 6.25. The van der Waals surface area contributed by atoms with Crippen LogP contribution in [0.4, 0.5) is 0 Å². The number of nitrogens with zero attached hydrogens (tertiary/aromatic N) is 3. The zero-order valence-electron chi connectivity index (χ0n) is 16.5. The highest BCUT2D eigenvalue weighted by molar-refractivity contribution is 5.80. The molecular formula is C20H32N4O2. The van der Waals surface area contributed by atoms with Crippen LogP contribution in [0.1, 0.15) is 24.5 Å². The van der Waals surface area contributed by atoms with Crippen LogP contribution in [0.2, 0.25) is 0 Å². The molecule has 26 heavy (non-hydrogen) atoms. The van der Waals surface area contributed by atoms with Gasteiger partial charge in [-0.1, -0.05) is 6.92 Å². The molecule has 2 aliphatic rings. The Hall–Kier alpha value is -1.95. The zero-order valence-corrected chi connectivity index (χ0v) is 16.5. The summed E-state index contributed by atoms with van der Waals surface area (Å²) in [5, 5.41) is 3.60. The molecule has 6 nitrogen and oxygen atoms in total. The van der Waals surface area contributed by atoms with Gasteiger partial charge < -0.3 is 24.6 Å². The lowest BCUT2D eigenvalue weighted by atomic mass is 9.99. The standard InChI is InChI=1S/C20H32N4O2/c1-5-23-8-6-15(13-23)12-22-20(21-2)24-9-7-16-10-18(25-3)19(26-4)11-17(16)14-24/h10-11,15H,5-9,12-14H2,1-4H3,(H,21,22). The topological polar surface area (TPSA) is 49.3 Å². The average molecular weight is 361 g/mol. The largest absolute Gasteiger partial charge is 0.493 e. The van der Waals surface area contributed by atoms with Gasteiger partial charge in [-0.05, 0) is 55.1 Å². The first-order valence-corrected chi connectivity index (χ1v) is 9.60. The molecule has 0 saturated carbocycles. The van der Waals surface area contributed by atoms with Crippen LogP contribution in [0.3, 0.4) is 0 Å². The van der Waals surface area contributed by atoms with E-state index in [1.807, 2.05) is 7.05 Å². The Balaban J connectivity index is 1.63. The lowest BCUT2D eigenvalue weighted by Gasteiger charge is -2.32. The molecule has 2 heterocycles. The second kappa shape index (κ2) is 8.62. The highest BCUT2D eigenvalue weighted by atomic mass is 16.5. The number of ether oxygens (including phenoxy) is 2. The Morgan fingerprint density at radius 3 is 2.54 bits per heavy atom. The summed E-state index contributed by atoms with van der Waals surface area (Å²) in [5.74, 6) is 3.32. The van der Waals surface area contributed by atoms with Crippen molar-refractivity contribution in [3.05, 3.63) is 23.3 Å². The van der Waals surface area contributed by atoms with E-state index in [4.69, 9.17) is 9.47 Å². The summed E-state index contributed by atoms with van der Waals surface area (Å²) in [4.78, 5) is 9.38. The van der Waals surface area contributed by atoms with Gasteiger partial charge in [0.15, 0.2) is 17.5 Å². The van der Waals surface area contributed by atoms with Crippen LogP contribution in [0.15, 0.2) is 17.1 Å². The van der Waals surface area contributed by atoms with Gasteiger partial charge in [0.05, 0.1) is 14.2 Å². The zero-order chi connectivity index (χ0) is 18.5. The van der Waals surface area contributed by atoms with E-state index < -0.39 is 0 Å². The number of fused-ring (bicyclic) bond motifs is 1. The van der Waals surface area contributed by atoms with Crippen molar-refractivity contribution >= 4 is 5.96 Å². The van der Waals surface area contributed by atoms with Crippen molar-refractivity contribution in [1.29, 1.82) is 0 Å². The molecule has 0 bridgehead atoms. The predicted octanol–water partition coefficient (Wildman–Crippen LogP) is 1.98. The number of nitrogens with one attached hydrogen (secondary N) is 1. The third-order valence-electron chi connectivity index (χ3n) is 5.60. The van der Waals surface area contributed by atoms with Crippen molar-refractivity contribution in [2.75, 3.05) is 54.0 Å². The van der Waals surface area contributed by atoms with E-state index in [-0.39, 0.29) is 0 Å². The lowest BCUT2D eigenvalue weighted by Crippen LogP contribution is -2.45. The molecule has 1 unspecified atom stereocenters. The average Bonchev–Trinajstić information content (AvgIpc) is 3.15. The van der Waals surface area contributed by atoms with Gasteiger partial charge >= 0.3 is 0 Å². The Bertz CT molecular complexity index is 647. The van der Waals surface area contributed by atoms with Crippen molar-refractivity contribution in [3.8, 4) is 11.5 Å². The minimum absolute atomic E-state index is 0.716. The highest BCUT2D eigenvalue weighted by Crippen LogP contribution is 2.33. The number of hydrogen-bond acceptors (Lipinski definition) is 4. The first-order chi connectivity index (χ1) is 12.7. The maximum Gasteiger partial charge on any atom is 0.193 e. The lowest BCUT2D eigenvalue weighted by molar-refractivity contribution is 0.336. The summed E-state index contributed by atoms with van der Waals surface area (Å²) in [7, 11) is 5.25. The monoisotopic (exact) mass is 360 g/mol. The fraction of sp³-hybridized carbons (Fsp3) is 0.650. The van der Waals surface area contributed by atoms with Crippen LogP contribution in [-0.2, 0) is 13.0 Å². The SMILES string of the molecule is CCN1CCC(CNC(=NC)N2CCc3cc(OC)c(OC)cc3C2)C1. The molecule has 1 fully saturated rings. The second-order valence-corrected chi connectivity index (χ2v) is 7.12. The van der Waals surface area contributed by atoms with Crippen molar-refractivity contribution in [2.24, 2.45) is 10.9 Å². The first kappa shape index (κ1) is 18.8. The van der Waals surface area contributed by atoms with Gasteiger partial charge in [-0.2, -0.15) is 0 Å². The molecule has 144 valence electrons. The van der Waals surface area contributed by atoms with Crippen molar-refractivity contribution < 1.29 is 9.47 Å². The van der Waals surface area contributed by atoms with Gasteiger partial charge in [0.2, 0.25) is 0 Å². The van der Waals surface area contributed by atoms with E-state index in [1.54, 1.807) is 14.2 Å². The molecule has 1 atom stereocenters. The molecule has 1 aromatic carbocycles. The molecule has 1 N–H and O–H groups in total. The molecule has 3 rings (SSSR count). The number of rotatable bonds is 5. The van der Waals surface area contributed by atoms with E-state index in [1.165, 1.54) is 30.6 Å². The van der Waals surface area contributed by atoms with Gasteiger partial charge in [-0.15, -0.1) is 0 Å². The molecule has 0 spiro atoms. The summed E-state index contributed by atoms with van der Waals surface area (Å²) in [6, 6.07) is 4.21. The summed E-state index contributed by atoms with van der Waals surface area (Å²) in [6.07, 6.45) is 2.26. The molecule has 1 saturated heterocycles. The Morgan fingerprint density at radius 2 is 1.92 bits per heavy atom. The summed E-state index contributed by atoms with van der Waals surface area (Å²) < 4.78 is 10.9. The quantitative estimate of drug-likeness (QED) is 0.643. The molecule has 0 aromatic heterocycles. The molecule has 0 amide bonds.